The maximum absolute atomic E-state index is 13.4. The van der Waals surface area contributed by atoms with E-state index in [4.69, 9.17) is 0 Å². The number of benzene rings is 1. The van der Waals surface area contributed by atoms with Crippen LogP contribution in [0, 0.1) is 0 Å². The van der Waals surface area contributed by atoms with Gasteiger partial charge in [0.15, 0.2) is 0 Å². The van der Waals surface area contributed by atoms with Gasteiger partial charge in [0.05, 0.1) is 12.1 Å². The lowest BCUT2D eigenvalue weighted by molar-refractivity contribution is 0.0600. The van der Waals surface area contributed by atoms with Gasteiger partial charge in [0.25, 0.3) is 5.91 Å². The molecule has 1 amide bonds. The Bertz CT molecular complexity index is 911. The maximum Gasteiger partial charge on any atom is 0.273 e. The lowest BCUT2D eigenvalue weighted by atomic mass is 9.94. The van der Waals surface area contributed by atoms with E-state index in [1.54, 1.807) is 6.20 Å². The van der Waals surface area contributed by atoms with E-state index in [1.807, 2.05) is 59.1 Å². The summed E-state index contributed by atoms with van der Waals surface area (Å²) in [5.74, 6) is 0.912. The quantitative estimate of drug-likeness (QED) is 0.717. The molecule has 0 radical (unpaired) electrons. The van der Waals surface area contributed by atoms with Crippen LogP contribution in [0.25, 0.3) is 10.9 Å². The Morgan fingerprint density at radius 1 is 1.15 bits per heavy atom. The number of imidazole rings is 1. The van der Waals surface area contributed by atoms with E-state index in [0.29, 0.717) is 12.2 Å². The van der Waals surface area contributed by atoms with Crippen LogP contribution in [0.2, 0.25) is 0 Å². The van der Waals surface area contributed by atoms with Gasteiger partial charge in [-0.3, -0.25) is 4.79 Å². The zero-order valence-corrected chi connectivity index (χ0v) is 15.1. The first kappa shape index (κ1) is 16.8. The van der Waals surface area contributed by atoms with E-state index in [-0.39, 0.29) is 11.9 Å². The largest absolute Gasteiger partial charge is 0.337 e. The highest BCUT2D eigenvalue weighted by Gasteiger charge is 2.28. The standard InChI is InChI=1S/C21H24N4O/c1-24-14-13-22-20(24)15-25(17-8-3-2-4-9-17)21(26)19-12-11-16-7-5-6-10-18(16)23-19/h5-7,10-14,17H,2-4,8-9,15H2,1H3. The Labute approximate surface area is 153 Å². The van der Waals surface area contributed by atoms with Crippen LogP contribution in [0.3, 0.4) is 0 Å². The Hall–Kier alpha value is -2.69. The number of hydrogen-bond donors (Lipinski definition) is 0. The van der Waals surface area contributed by atoms with E-state index in [1.165, 1.54) is 19.3 Å². The predicted octanol–water partition coefficient (Wildman–Crippen LogP) is 3.94. The number of carbonyl (C=O) groups is 1. The van der Waals surface area contributed by atoms with Crippen molar-refractivity contribution in [1.29, 1.82) is 0 Å². The molecule has 0 bridgehead atoms. The van der Waals surface area contributed by atoms with Crippen LogP contribution >= 0.6 is 0 Å². The van der Waals surface area contributed by atoms with Crippen molar-refractivity contribution in [1.82, 2.24) is 19.4 Å². The van der Waals surface area contributed by atoms with Crippen molar-refractivity contribution >= 4 is 16.8 Å². The smallest absolute Gasteiger partial charge is 0.273 e. The summed E-state index contributed by atoms with van der Waals surface area (Å²) in [4.78, 5) is 24.4. The summed E-state index contributed by atoms with van der Waals surface area (Å²) in [7, 11) is 1.97. The third kappa shape index (κ3) is 3.34. The summed E-state index contributed by atoms with van der Waals surface area (Å²) in [6, 6.07) is 12.0. The Balaban J connectivity index is 1.66. The van der Waals surface area contributed by atoms with Crippen LogP contribution in [-0.4, -0.2) is 31.4 Å². The molecular formula is C21H24N4O. The number of rotatable bonds is 4. The highest BCUT2D eigenvalue weighted by molar-refractivity contribution is 5.95. The Morgan fingerprint density at radius 3 is 2.73 bits per heavy atom. The van der Waals surface area contributed by atoms with E-state index in [9.17, 15) is 4.79 Å². The Kier molecular flexibility index (Phi) is 4.69. The third-order valence-corrected chi connectivity index (χ3v) is 5.33. The van der Waals surface area contributed by atoms with Gasteiger partial charge >= 0.3 is 0 Å². The summed E-state index contributed by atoms with van der Waals surface area (Å²) in [6.07, 6.45) is 9.45. The van der Waals surface area contributed by atoms with Crippen LogP contribution in [0.15, 0.2) is 48.8 Å². The molecule has 1 aromatic carbocycles. The summed E-state index contributed by atoms with van der Waals surface area (Å²) < 4.78 is 1.98. The molecule has 2 aromatic heterocycles. The molecule has 0 N–H and O–H groups in total. The minimum atomic E-state index is 0.00523. The van der Waals surface area contributed by atoms with Gasteiger partial charge in [-0.25, -0.2) is 9.97 Å². The minimum Gasteiger partial charge on any atom is -0.337 e. The number of aryl methyl sites for hydroxylation is 1. The summed E-state index contributed by atoms with van der Waals surface area (Å²) in [5.41, 5.74) is 1.38. The van der Waals surface area contributed by atoms with Crippen LogP contribution in [0.1, 0.15) is 48.4 Å². The number of fused-ring (bicyclic) bond motifs is 1. The van der Waals surface area contributed by atoms with Crippen molar-refractivity contribution in [2.24, 2.45) is 7.05 Å². The fourth-order valence-corrected chi connectivity index (χ4v) is 3.79. The van der Waals surface area contributed by atoms with Gasteiger partial charge in [0.2, 0.25) is 0 Å². The van der Waals surface area contributed by atoms with Gasteiger partial charge < -0.3 is 9.47 Å². The minimum absolute atomic E-state index is 0.00523. The zero-order valence-electron chi connectivity index (χ0n) is 15.1. The van der Waals surface area contributed by atoms with Gasteiger partial charge in [-0.15, -0.1) is 0 Å². The van der Waals surface area contributed by atoms with Crippen molar-refractivity contribution < 1.29 is 4.79 Å². The molecule has 0 unspecified atom stereocenters. The van der Waals surface area contributed by atoms with Crippen LogP contribution in [0.4, 0.5) is 0 Å². The monoisotopic (exact) mass is 348 g/mol. The first-order valence-corrected chi connectivity index (χ1v) is 9.35. The highest BCUT2D eigenvalue weighted by Crippen LogP contribution is 2.25. The second-order valence-corrected chi connectivity index (χ2v) is 7.07. The van der Waals surface area contributed by atoms with Gasteiger partial charge in [0.1, 0.15) is 11.5 Å². The fourth-order valence-electron chi connectivity index (χ4n) is 3.79. The van der Waals surface area contributed by atoms with Crippen LogP contribution in [0.5, 0.6) is 0 Å². The molecule has 4 rings (SSSR count). The Morgan fingerprint density at radius 2 is 1.96 bits per heavy atom. The molecule has 0 atom stereocenters. The highest BCUT2D eigenvalue weighted by atomic mass is 16.2. The van der Waals surface area contributed by atoms with Gasteiger partial charge in [-0.1, -0.05) is 43.5 Å². The number of carbonyl (C=O) groups excluding carboxylic acids is 1. The summed E-state index contributed by atoms with van der Waals surface area (Å²) >= 11 is 0. The van der Waals surface area contributed by atoms with Crippen LogP contribution in [-0.2, 0) is 13.6 Å². The average molecular weight is 348 g/mol. The van der Waals surface area contributed by atoms with Crippen molar-refractivity contribution in [2.75, 3.05) is 0 Å². The normalized spacial score (nSPS) is 15.3. The number of aromatic nitrogens is 3. The molecule has 134 valence electrons. The van der Waals surface area contributed by atoms with E-state index < -0.39 is 0 Å². The number of nitrogens with zero attached hydrogens (tertiary/aromatic N) is 4. The molecule has 0 aliphatic heterocycles. The van der Waals surface area contributed by atoms with Crippen molar-refractivity contribution in [3.63, 3.8) is 0 Å². The second kappa shape index (κ2) is 7.28. The van der Waals surface area contributed by atoms with Gasteiger partial charge in [-0.2, -0.15) is 0 Å². The first-order valence-electron chi connectivity index (χ1n) is 9.35. The molecule has 26 heavy (non-hydrogen) atoms. The molecule has 0 saturated heterocycles. The SMILES string of the molecule is Cn1ccnc1CN(C(=O)c1ccc2ccccc2n1)C1CCCCC1. The summed E-state index contributed by atoms with van der Waals surface area (Å²) in [5, 5.41) is 1.05. The second-order valence-electron chi connectivity index (χ2n) is 7.07. The van der Waals surface area contributed by atoms with Crippen molar-refractivity contribution in [3.05, 3.63) is 60.3 Å². The molecule has 5 heteroatoms. The molecule has 2 heterocycles. The number of para-hydroxylation sites is 1. The molecule has 0 spiro atoms. The number of amides is 1. The zero-order chi connectivity index (χ0) is 17.9. The molecule has 1 aliphatic rings. The molecule has 1 fully saturated rings. The number of pyridine rings is 1. The topological polar surface area (TPSA) is 51.0 Å². The lowest BCUT2D eigenvalue weighted by Gasteiger charge is -2.34. The molecule has 1 aliphatic carbocycles. The molecule has 1 saturated carbocycles. The summed E-state index contributed by atoms with van der Waals surface area (Å²) in [6.45, 7) is 0.529. The van der Waals surface area contributed by atoms with Gasteiger partial charge in [-0.05, 0) is 25.0 Å². The van der Waals surface area contributed by atoms with Crippen molar-refractivity contribution in [3.8, 4) is 0 Å². The van der Waals surface area contributed by atoms with Crippen LogP contribution < -0.4 is 0 Å². The van der Waals surface area contributed by atoms with Gasteiger partial charge in [0, 0.05) is 30.9 Å². The van der Waals surface area contributed by atoms with E-state index in [2.05, 4.69) is 9.97 Å². The molecule has 5 nitrogen and oxygen atoms in total. The lowest BCUT2D eigenvalue weighted by Crippen LogP contribution is -2.41. The third-order valence-electron chi connectivity index (χ3n) is 5.33. The maximum atomic E-state index is 13.4. The predicted molar refractivity (Wildman–Crippen MR) is 102 cm³/mol. The number of hydrogen-bond acceptors (Lipinski definition) is 3. The average Bonchev–Trinajstić information content (AvgIpc) is 3.10. The molecular weight excluding hydrogens is 324 g/mol. The van der Waals surface area contributed by atoms with E-state index in [0.717, 1.165) is 29.6 Å². The fraction of sp³-hybridized carbons (Fsp3) is 0.381. The van der Waals surface area contributed by atoms with Crippen molar-refractivity contribution in [2.45, 2.75) is 44.7 Å². The van der Waals surface area contributed by atoms with E-state index >= 15 is 0 Å². The molecule has 3 aromatic rings. The first-order chi connectivity index (χ1) is 12.7.